The molecule has 0 aromatic heterocycles. The minimum absolute atomic E-state index is 0.0442. The van der Waals surface area contributed by atoms with Gasteiger partial charge in [-0.3, -0.25) is 4.79 Å². The topological polar surface area (TPSA) is 26.3 Å². The molecule has 0 amide bonds. The number of carbonyl (C=O) groups is 1. The molecule has 0 spiro atoms. The third-order valence-corrected chi connectivity index (χ3v) is 4.03. The lowest BCUT2D eigenvalue weighted by Crippen LogP contribution is -2.36. The zero-order valence-electron chi connectivity index (χ0n) is 10.9. The molecule has 1 aliphatic rings. The minimum atomic E-state index is -0.0442. The maximum atomic E-state index is 11.5. The van der Waals surface area contributed by atoms with Crippen molar-refractivity contribution in [3.05, 3.63) is 0 Å². The number of hydrogen-bond acceptors (Lipinski definition) is 3. The molecule has 2 nitrogen and oxygen atoms in total. The first-order valence-corrected chi connectivity index (χ1v) is 7.62. The van der Waals surface area contributed by atoms with E-state index in [4.69, 9.17) is 4.74 Å². The third kappa shape index (κ3) is 4.00. The molecule has 94 valence electrons. The van der Waals surface area contributed by atoms with Crippen LogP contribution in [0, 0.1) is 17.8 Å². The number of thioether (sulfide) groups is 1. The Morgan fingerprint density at radius 2 is 2.12 bits per heavy atom. The van der Waals surface area contributed by atoms with Crippen LogP contribution in [0.4, 0.5) is 0 Å². The Balaban J connectivity index is 2.54. The van der Waals surface area contributed by atoms with Crippen LogP contribution in [-0.4, -0.2) is 24.1 Å². The molecular formula is C13H24O2S. The van der Waals surface area contributed by atoms with E-state index in [2.05, 4.69) is 20.8 Å². The van der Waals surface area contributed by atoms with Crippen molar-refractivity contribution >= 4 is 17.7 Å². The predicted octanol–water partition coefficient (Wildman–Crippen LogP) is 3.35. The average molecular weight is 244 g/mol. The molecule has 1 rings (SSSR count). The quantitative estimate of drug-likeness (QED) is 0.709. The smallest absolute Gasteiger partial charge is 0.316 e. The van der Waals surface area contributed by atoms with Crippen LogP contribution in [0.5, 0.6) is 0 Å². The Morgan fingerprint density at radius 3 is 2.69 bits per heavy atom. The lowest BCUT2D eigenvalue weighted by molar-refractivity contribution is -0.152. The second kappa shape index (κ2) is 6.53. The van der Waals surface area contributed by atoms with Gasteiger partial charge in [-0.15, -0.1) is 0 Å². The Kier molecular flexibility index (Phi) is 5.67. The van der Waals surface area contributed by atoms with Gasteiger partial charge in [0.15, 0.2) is 0 Å². The molecule has 1 fully saturated rings. The van der Waals surface area contributed by atoms with Gasteiger partial charge in [-0.1, -0.05) is 27.2 Å². The Hall–Kier alpha value is -0.180. The number of ether oxygens (including phenoxy) is 1. The van der Waals surface area contributed by atoms with Crippen molar-refractivity contribution in [2.24, 2.45) is 17.8 Å². The largest absolute Gasteiger partial charge is 0.461 e. The Morgan fingerprint density at radius 1 is 1.44 bits per heavy atom. The number of rotatable bonds is 4. The SMILES string of the molecule is CSCC(=O)OC1CC(C)CCC1C(C)C. The Bertz CT molecular complexity index is 228. The molecule has 0 aromatic rings. The van der Waals surface area contributed by atoms with Gasteiger partial charge >= 0.3 is 5.97 Å². The molecular weight excluding hydrogens is 220 g/mol. The van der Waals surface area contributed by atoms with E-state index in [1.165, 1.54) is 24.6 Å². The highest BCUT2D eigenvalue weighted by Crippen LogP contribution is 2.35. The second-order valence-electron chi connectivity index (χ2n) is 5.29. The van der Waals surface area contributed by atoms with E-state index in [-0.39, 0.29) is 12.1 Å². The molecule has 0 heterocycles. The van der Waals surface area contributed by atoms with E-state index >= 15 is 0 Å². The van der Waals surface area contributed by atoms with Gasteiger partial charge in [0.05, 0.1) is 5.75 Å². The molecule has 1 saturated carbocycles. The van der Waals surface area contributed by atoms with Crippen LogP contribution in [0.15, 0.2) is 0 Å². The molecule has 1 aliphatic carbocycles. The summed E-state index contributed by atoms with van der Waals surface area (Å²) in [6.07, 6.45) is 5.62. The highest BCUT2D eigenvalue weighted by molar-refractivity contribution is 7.99. The van der Waals surface area contributed by atoms with Crippen molar-refractivity contribution in [1.29, 1.82) is 0 Å². The van der Waals surface area contributed by atoms with Crippen LogP contribution < -0.4 is 0 Å². The standard InChI is InChI=1S/C13H24O2S/c1-9(2)11-6-5-10(3)7-12(11)15-13(14)8-16-4/h9-12H,5-8H2,1-4H3. The summed E-state index contributed by atoms with van der Waals surface area (Å²) < 4.78 is 5.62. The van der Waals surface area contributed by atoms with E-state index in [1.807, 2.05) is 6.26 Å². The molecule has 3 atom stereocenters. The van der Waals surface area contributed by atoms with Crippen LogP contribution in [0.2, 0.25) is 0 Å². The summed E-state index contributed by atoms with van der Waals surface area (Å²) in [6, 6.07) is 0. The number of carbonyl (C=O) groups excluding carboxylic acids is 1. The monoisotopic (exact) mass is 244 g/mol. The van der Waals surface area contributed by atoms with E-state index in [9.17, 15) is 4.79 Å². The predicted molar refractivity (Wildman–Crippen MR) is 69.6 cm³/mol. The fourth-order valence-corrected chi connectivity index (χ4v) is 2.87. The lowest BCUT2D eigenvalue weighted by atomic mass is 9.75. The molecule has 3 unspecified atom stereocenters. The second-order valence-corrected chi connectivity index (χ2v) is 6.15. The molecule has 3 heteroatoms. The van der Waals surface area contributed by atoms with Crippen LogP contribution >= 0.6 is 11.8 Å². The van der Waals surface area contributed by atoms with Crippen molar-refractivity contribution in [2.45, 2.75) is 46.1 Å². The van der Waals surface area contributed by atoms with Crippen LogP contribution in [0.25, 0.3) is 0 Å². The van der Waals surface area contributed by atoms with Gasteiger partial charge in [0.1, 0.15) is 6.10 Å². The summed E-state index contributed by atoms with van der Waals surface area (Å²) >= 11 is 1.53. The minimum Gasteiger partial charge on any atom is -0.461 e. The van der Waals surface area contributed by atoms with E-state index in [0.717, 1.165) is 6.42 Å². The highest BCUT2D eigenvalue weighted by Gasteiger charge is 2.33. The average Bonchev–Trinajstić information content (AvgIpc) is 2.17. The molecule has 0 bridgehead atoms. The molecule has 16 heavy (non-hydrogen) atoms. The van der Waals surface area contributed by atoms with Crippen LogP contribution in [0.3, 0.4) is 0 Å². The maximum absolute atomic E-state index is 11.5. The summed E-state index contributed by atoms with van der Waals surface area (Å²) in [4.78, 5) is 11.5. The van der Waals surface area contributed by atoms with Crippen molar-refractivity contribution < 1.29 is 9.53 Å². The first kappa shape index (κ1) is 13.9. The van der Waals surface area contributed by atoms with Crippen LogP contribution in [0.1, 0.15) is 40.0 Å². The Labute approximate surface area is 104 Å². The third-order valence-electron chi connectivity index (χ3n) is 3.51. The molecule has 0 radical (unpaired) electrons. The molecule has 0 aromatic carbocycles. The maximum Gasteiger partial charge on any atom is 0.316 e. The first-order chi connectivity index (χ1) is 7.54. The van der Waals surface area contributed by atoms with E-state index < -0.39 is 0 Å². The van der Waals surface area contributed by atoms with Crippen molar-refractivity contribution in [2.75, 3.05) is 12.0 Å². The summed E-state index contributed by atoms with van der Waals surface area (Å²) in [7, 11) is 0. The summed E-state index contributed by atoms with van der Waals surface area (Å²) in [5, 5.41) is 0. The van der Waals surface area contributed by atoms with Gasteiger partial charge < -0.3 is 4.74 Å². The first-order valence-electron chi connectivity index (χ1n) is 6.23. The van der Waals surface area contributed by atoms with Gasteiger partial charge in [-0.25, -0.2) is 0 Å². The summed E-state index contributed by atoms with van der Waals surface area (Å²) in [6.45, 7) is 6.72. The zero-order chi connectivity index (χ0) is 12.1. The van der Waals surface area contributed by atoms with Crippen molar-refractivity contribution in [3.8, 4) is 0 Å². The molecule has 0 aliphatic heterocycles. The van der Waals surface area contributed by atoms with Gasteiger partial charge in [0.25, 0.3) is 0 Å². The van der Waals surface area contributed by atoms with Crippen molar-refractivity contribution in [3.63, 3.8) is 0 Å². The summed E-state index contributed by atoms with van der Waals surface area (Å²) in [5.41, 5.74) is 0. The fraction of sp³-hybridized carbons (Fsp3) is 0.923. The van der Waals surface area contributed by atoms with Gasteiger partial charge in [0.2, 0.25) is 0 Å². The fourth-order valence-electron chi connectivity index (χ4n) is 2.57. The molecule has 0 N–H and O–H groups in total. The van der Waals surface area contributed by atoms with Gasteiger partial charge in [-0.2, -0.15) is 11.8 Å². The van der Waals surface area contributed by atoms with Gasteiger partial charge in [0, 0.05) is 0 Å². The zero-order valence-corrected chi connectivity index (χ0v) is 11.7. The van der Waals surface area contributed by atoms with E-state index in [0.29, 0.717) is 23.5 Å². The number of esters is 1. The normalized spacial score (nSPS) is 30.4. The van der Waals surface area contributed by atoms with Crippen LogP contribution in [-0.2, 0) is 9.53 Å². The number of hydrogen-bond donors (Lipinski definition) is 0. The highest BCUT2D eigenvalue weighted by atomic mass is 32.2. The van der Waals surface area contributed by atoms with Crippen molar-refractivity contribution in [1.82, 2.24) is 0 Å². The molecule has 0 saturated heterocycles. The van der Waals surface area contributed by atoms with Gasteiger partial charge in [-0.05, 0) is 36.9 Å². The van der Waals surface area contributed by atoms with E-state index in [1.54, 1.807) is 0 Å². The lowest BCUT2D eigenvalue weighted by Gasteiger charge is -2.36. The summed E-state index contributed by atoms with van der Waals surface area (Å²) in [5.74, 6) is 2.30.